The first-order valence-corrected chi connectivity index (χ1v) is 8.73. The third-order valence-corrected chi connectivity index (χ3v) is 3.77. The fourth-order valence-electron chi connectivity index (χ4n) is 2.52. The van der Waals surface area contributed by atoms with Gasteiger partial charge in [-0.2, -0.15) is 0 Å². The molecule has 0 radical (unpaired) electrons. The van der Waals surface area contributed by atoms with Crippen molar-refractivity contribution in [1.82, 2.24) is 10.3 Å². The van der Waals surface area contributed by atoms with Crippen LogP contribution in [0.4, 0.5) is 17.1 Å². The van der Waals surface area contributed by atoms with Crippen LogP contribution in [0.3, 0.4) is 0 Å². The maximum absolute atomic E-state index is 12.1. The highest BCUT2D eigenvalue weighted by molar-refractivity contribution is 5.93. The van der Waals surface area contributed by atoms with Crippen LogP contribution in [-0.4, -0.2) is 29.5 Å². The second-order valence-electron chi connectivity index (χ2n) is 6.98. The van der Waals surface area contributed by atoms with Crippen LogP contribution in [0.2, 0.25) is 0 Å². The van der Waals surface area contributed by atoms with E-state index in [9.17, 15) is 4.79 Å². The Labute approximate surface area is 150 Å². The zero-order valence-corrected chi connectivity index (χ0v) is 15.8. The van der Waals surface area contributed by atoms with Crippen molar-refractivity contribution in [3.8, 4) is 0 Å². The Morgan fingerprint density at radius 3 is 2.08 bits per heavy atom. The minimum Gasteiger partial charge on any atom is -0.372 e. The molecule has 0 atom stereocenters. The van der Waals surface area contributed by atoms with E-state index in [-0.39, 0.29) is 11.4 Å². The van der Waals surface area contributed by atoms with Gasteiger partial charge in [-0.3, -0.25) is 4.79 Å². The summed E-state index contributed by atoms with van der Waals surface area (Å²) in [7, 11) is 0. The van der Waals surface area contributed by atoms with E-state index in [1.54, 1.807) is 12.3 Å². The summed E-state index contributed by atoms with van der Waals surface area (Å²) in [4.78, 5) is 18.6. The number of pyridine rings is 1. The lowest BCUT2D eigenvalue weighted by Gasteiger charge is -2.21. The monoisotopic (exact) mass is 340 g/mol. The van der Waals surface area contributed by atoms with Gasteiger partial charge in [0.25, 0.3) is 5.91 Å². The van der Waals surface area contributed by atoms with Crippen LogP contribution in [-0.2, 0) is 0 Å². The average Bonchev–Trinajstić information content (AvgIpc) is 2.56. The van der Waals surface area contributed by atoms with Crippen molar-refractivity contribution in [1.29, 1.82) is 0 Å². The van der Waals surface area contributed by atoms with Crippen LogP contribution in [0.25, 0.3) is 0 Å². The molecule has 2 N–H and O–H groups in total. The zero-order valence-electron chi connectivity index (χ0n) is 15.8. The number of carbonyl (C=O) groups is 1. The molecule has 2 aromatic rings. The van der Waals surface area contributed by atoms with Crippen LogP contribution in [0, 0.1) is 0 Å². The maximum atomic E-state index is 12.1. The minimum atomic E-state index is -0.276. The van der Waals surface area contributed by atoms with Gasteiger partial charge < -0.3 is 15.5 Å². The number of hydrogen-bond donors (Lipinski definition) is 2. The Hall–Kier alpha value is -2.56. The van der Waals surface area contributed by atoms with Gasteiger partial charge >= 0.3 is 0 Å². The Morgan fingerprint density at radius 1 is 1.00 bits per heavy atom. The van der Waals surface area contributed by atoms with E-state index in [1.807, 2.05) is 39.0 Å². The van der Waals surface area contributed by atoms with E-state index in [1.165, 1.54) is 5.69 Å². The standard InChI is InChI=1S/C20H28N4O/c1-6-24(7-2)17-11-8-15(9-12-17)22-16-10-13-18(21-14-16)19(25)23-20(3,4)5/h8-14,22H,6-7H2,1-5H3,(H,23,25). The van der Waals surface area contributed by atoms with Crippen molar-refractivity contribution in [2.75, 3.05) is 23.3 Å². The van der Waals surface area contributed by atoms with Gasteiger partial charge in [-0.1, -0.05) is 0 Å². The van der Waals surface area contributed by atoms with Crippen molar-refractivity contribution < 1.29 is 4.79 Å². The first kappa shape index (κ1) is 18.8. The van der Waals surface area contributed by atoms with Crippen LogP contribution < -0.4 is 15.5 Å². The van der Waals surface area contributed by atoms with Gasteiger partial charge in [-0.15, -0.1) is 0 Å². The zero-order chi connectivity index (χ0) is 18.4. The Morgan fingerprint density at radius 2 is 1.60 bits per heavy atom. The highest BCUT2D eigenvalue weighted by atomic mass is 16.2. The van der Waals surface area contributed by atoms with Gasteiger partial charge in [0.15, 0.2) is 0 Å². The molecule has 1 aromatic heterocycles. The molecule has 0 aliphatic heterocycles. The molecule has 0 bridgehead atoms. The maximum Gasteiger partial charge on any atom is 0.270 e. The number of amides is 1. The molecular weight excluding hydrogens is 312 g/mol. The average molecular weight is 340 g/mol. The van der Waals surface area contributed by atoms with Crippen LogP contribution in [0.1, 0.15) is 45.1 Å². The van der Waals surface area contributed by atoms with E-state index in [0.29, 0.717) is 5.69 Å². The molecule has 0 saturated heterocycles. The number of hydrogen-bond acceptors (Lipinski definition) is 4. The largest absolute Gasteiger partial charge is 0.372 e. The summed E-state index contributed by atoms with van der Waals surface area (Å²) in [6, 6.07) is 11.9. The molecule has 1 amide bonds. The van der Waals surface area contributed by atoms with Crippen LogP contribution >= 0.6 is 0 Å². The number of anilines is 3. The Balaban J connectivity index is 2.02. The van der Waals surface area contributed by atoms with Gasteiger partial charge in [-0.05, 0) is 71.0 Å². The summed E-state index contributed by atoms with van der Waals surface area (Å²) in [6.07, 6.45) is 1.68. The number of benzene rings is 1. The molecule has 1 heterocycles. The van der Waals surface area contributed by atoms with Crippen molar-refractivity contribution in [3.05, 3.63) is 48.3 Å². The summed E-state index contributed by atoms with van der Waals surface area (Å²) < 4.78 is 0. The number of rotatable bonds is 6. The van der Waals surface area contributed by atoms with E-state index in [4.69, 9.17) is 0 Å². The quantitative estimate of drug-likeness (QED) is 0.827. The normalized spacial score (nSPS) is 11.1. The highest BCUT2D eigenvalue weighted by Crippen LogP contribution is 2.21. The minimum absolute atomic E-state index is 0.164. The van der Waals surface area contributed by atoms with Gasteiger partial charge in [0, 0.05) is 30.0 Å². The molecule has 1 aromatic carbocycles. The molecule has 0 aliphatic carbocycles. The van der Waals surface area contributed by atoms with E-state index in [0.717, 1.165) is 24.5 Å². The summed E-state index contributed by atoms with van der Waals surface area (Å²) in [5, 5.41) is 6.21. The fourth-order valence-corrected chi connectivity index (χ4v) is 2.52. The van der Waals surface area contributed by atoms with E-state index < -0.39 is 0 Å². The van der Waals surface area contributed by atoms with Gasteiger partial charge in [0.05, 0.1) is 11.9 Å². The van der Waals surface area contributed by atoms with Crippen molar-refractivity contribution >= 4 is 23.0 Å². The Bertz CT molecular complexity index is 683. The molecule has 25 heavy (non-hydrogen) atoms. The molecule has 5 nitrogen and oxygen atoms in total. The van der Waals surface area contributed by atoms with E-state index in [2.05, 4.69) is 46.5 Å². The first-order valence-electron chi connectivity index (χ1n) is 8.73. The summed E-state index contributed by atoms with van der Waals surface area (Å²) in [5.41, 5.74) is 3.19. The predicted octanol–water partition coefficient (Wildman–Crippen LogP) is 4.20. The van der Waals surface area contributed by atoms with Gasteiger partial charge in [-0.25, -0.2) is 4.98 Å². The summed E-state index contributed by atoms with van der Waals surface area (Å²) >= 11 is 0. The summed E-state index contributed by atoms with van der Waals surface area (Å²) in [5.74, 6) is -0.164. The predicted molar refractivity (Wildman–Crippen MR) is 105 cm³/mol. The molecular formula is C20H28N4O. The summed E-state index contributed by atoms with van der Waals surface area (Å²) in [6.45, 7) is 12.1. The number of nitrogens with zero attached hydrogens (tertiary/aromatic N) is 2. The third kappa shape index (κ3) is 5.48. The van der Waals surface area contributed by atoms with Crippen LogP contribution in [0.5, 0.6) is 0 Å². The first-order chi connectivity index (χ1) is 11.8. The smallest absolute Gasteiger partial charge is 0.270 e. The SMILES string of the molecule is CCN(CC)c1ccc(Nc2ccc(C(=O)NC(C)(C)C)nc2)cc1. The van der Waals surface area contributed by atoms with Crippen molar-refractivity contribution in [2.24, 2.45) is 0 Å². The number of aromatic nitrogens is 1. The lowest BCUT2D eigenvalue weighted by Crippen LogP contribution is -2.40. The molecule has 134 valence electrons. The molecule has 5 heteroatoms. The molecule has 0 fully saturated rings. The molecule has 0 saturated carbocycles. The molecule has 0 aliphatic rings. The fraction of sp³-hybridized carbons (Fsp3) is 0.400. The lowest BCUT2D eigenvalue weighted by atomic mass is 10.1. The molecule has 0 unspecified atom stereocenters. The van der Waals surface area contributed by atoms with Crippen molar-refractivity contribution in [2.45, 2.75) is 40.2 Å². The molecule has 2 rings (SSSR count). The Kier molecular flexibility index (Phi) is 6.02. The second-order valence-corrected chi connectivity index (χ2v) is 6.98. The van der Waals surface area contributed by atoms with Crippen LogP contribution in [0.15, 0.2) is 42.6 Å². The second kappa shape index (κ2) is 8.01. The highest BCUT2D eigenvalue weighted by Gasteiger charge is 2.16. The number of carbonyl (C=O) groups excluding carboxylic acids is 1. The van der Waals surface area contributed by atoms with Crippen molar-refractivity contribution in [3.63, 3.8) is 0 Å². The lowest BCUT2D eigenvalue weighted by molar-refractivity contribution is 0.0914. The number of nitrogens with one attached hydrogen (secondary N) is 2. The molecule has 0 spiro atoms. The third-order valence-electron chi connectivity index (χ3n) is 3.77. The topological polar surface area (TPSA) is 57.3 Å². The van der Waals surface area contributed by atoms with Gasteiger partial charge in [0.1, 0.15) is 5.69 Å². The van der Waals surface area contributed by atoms with Gasteiger partial charge in [0.2, 0.25) is 0 Å². The van der Waals surface area contributed by atoms with E-state index >= 15 is 0 Å².